The van der Waals surface area contributed by atoms with E-state index in [1.165, 1.54) is 23.5 Å². The monoisotopic (exact) mass is 402 g/mol. The Labute approximate surface area is 165 Å². The van der Waals surface area contributed by atoms with Gasteiger partial charge in [-0.25, -0.2) is 8.42 Å². The Morgan fingerprint density at radius 3 is 2.64 bits per heavy atom. The summed E-state index contributed by atoms with van der Waals surface area (Å²) in [7, 11) is -0.634. The number of nitrogens with zero attached hydrogens (tertiary/aromatic N) is 2. The Bertz CT molecular complexity index is 998. The number of sulfonamides is 1. The minimum atomic E-state index is -3.75. The van der Waals surface area contributed by atoms with E-state index in [2.05, 4.69) is 6.07 Å². The van der Waals surface area contributed by atoms with Crippen molar-refractivity contribution < 1.29 is 22.6 Å². The smallest absolute Gasteiger partial charge is 0.243 e. The average molecular weight is 402 g/mol. The molecule has 0 radical (unpaired) electrons. The van der Waals surface area contributed by atoms with Crippen LogP contribution in [-0.2, 0) is 27.8 Å². The number of nitriles is 1. The highest BCUT2D eigenvalue weighted by Gasteiger charge is 2.32. The molecular weight excluding hydrogens is 380 g/mol. The van der Waals surface area contributed by atoms with Crippen LogP contribution in [0.25, 0.3) is 0 Å². The summed E-state index contributed by atoms with van der Waals surface area (Å²) < 4.78 is 43.7. The predicted octanol–water partition coefficient (Wildman–Crippen LogP) is 2.69. The standard InChI is InChI=1S/C20H22N2O5S/c1-25-9-4-10-27-20-11-17(7-8-19(20)26-2)28(23,24)22-13-16-6-3-5-15(12-21)18(16)14-22/h3,5-8,11H,4,9-10,13-14H2,1-2H3. The zero-order chi connectivity index (χ0) is 20.1. The molecule has 1 heterocycles. The molecule has 28 heavy (non-hydrogen) atoms. The van der Waals surface area contributed by atoms with Crippen LogP contribution >= 0.6 is 0 Å². The first kappa shape index (κ1) is 20.1. The average Bonchev–Trinajstić information content (AvgIpc) is 3.16. The summed E-state index contributed by atoms with van der Waals surface area (Å²) in [5, 5.41) is 9.27. The lowest BCUT2D eigenvalue weighted by atomic mass is 10.1. The van der Waals surface area contributed by atoms with Crippen molar-refractivity contribution in [1.29, 1.82) is 5.26 Å². The molecule has 0 saturated heterocycles. The molecule has 0 N–H and O–H groups in total. The molecule has 8 heteroatoms. The minimum Gasteiger partial charge on any atom is -0.493 e. The minimum absolute atomic E-state index is 0.126. The Balaban J connectivity index is 1.85. The number of fused-ring (bicyclic) bond motifs is 1. The molecule has 1 aliphatic rings. The molecular formula is C20H22N2O5S. The van der Waals surface area contributed by atoms with Gasteiger partial charge in [0.2, 0.25) is 10.0 Å². The molecule has 0 unspecified atom stereocenters. The van der Waals surface area contributed by atoms with Crippen molar-refractivity contribution in [3.05, 3.63) is 53.1 Å². The molecule has 0 atom stereocenters. The second kappa shape index (κ2) is 8.61. The van der Waals surface area contributed by atoms with Crippen molar-refractivity contribution in [2.75, 3.05) is 27.4 Å². The van der Waals surface area contributed by atoms with E-state index >= 15 is 0 Å². The Morgan fingerprint density at radius 1 is 1.11 bits per heavy atom. The van der Waals surface area contributed by atoms with Crippen LogP contribution in [0.4, 0.5) is 0 Å². The van der Waals surface area contributed by atoms with Crippen molar-refractivity contribution >= 4 is 10.0 Å². The van der Waals surface area contributed by atoms with Crippen molar-refractivity contribution in [1.82, 2.24) is 4.31 Å². The first-order chi connectivity index (χ1) is 13.5. The summed E-state index contributed by atoms with van der Waals surface area (Å²) in [6, 6.07) is 12.0. The quantitative estimate of drug-likeness (QED) is 0.631. The van der Waals surface area contributed by atoms with Gasteiger partial charge < -0.3 is 14.2 Å². The van der Waals surface area contributed by atoms with Crippen molar-refractivity contribution in [3.8, 4) is 17.6 Å². The number of benzene rings is 2. The number of methoxy groups -OCH3 is 2. The van der Waals surface area contributed by atoms with E-state index in [0.717, 1.165) is 11.1 Å². The van der Waals surface area contributed by atoms with Crippen LogP contribution in [0.5, 0.6) is 11.5 Å². The van der Waals surface area contributed by atoms with E-state index in [0.29, 0.717) is 36.7 Å². The highest BCUT2D eigenvalue weighted by molar-refractivity contribution is 7.89. The molecule has 0 saturated carbocycles. The maximum Gasteiger partial charge on any atom is 0.243 e. The van der Waals surface area contributed by atoms with E-state index in [1.807, 2.05) is 6.07 Å². The molecule has 2 aromatic carbocycles. The van der Waals surface area contributed by atoms with Gasteiger partial charge in [-0.15, -0.1) is 0 Å². The van der Waals surface area contributed by atoms with Gasteiger partial charge in [0.25, 0.3) is 0 Å². The molecule has 0 spiro atoms. The molecule has 0 amide bonds. The summed E-state index contributed by atoms with van der Waals surface area (Å²) in [6.45, 7) is 1.35. The first-order valence-corrected chi connectivity index (χ1v) is 10.3. The molecule has 7 nitrogen and oxygen atoms in total. The lowest BCUT2D eigenvalue weighted by Gasteiger charge is -2.17. The topological polar surface area (TPSA) is 88.9 Å². The number of ether oxygens (including phenoxy) is 3. The van der Waals surface area contributed by atoms with Crippen LogP contribution in [0.3, 0.4) is 0 Å². The van der Waals surface area contributed by atoms with E-state index in [4.69, 9.17) is 14.2 Å². The van der Waals surface area contributed by atoms with E-state index < -0.39 is 10.0 Å². The Morgan fingerprint density at radius 2 is 1.93 bits per heavy atom. The van der Waals surface area contributed by atoms with Gasteiger partial charge >= 0.3 is 0 Å². The van der Waals surface area contributed by atoms with Gasteiger partial charge in [0.1, 0.15) is 0 Å². The van der Waals surface area contributed by atoms with Crippen molar-refractivity contribution in [3.63, 3.8) is 0 Å². The van der Waals surface area contributed by atoms with E-state index in [1.54, 1.807) is 25.3 Å². The fourth-order valence-corrected chi connectivity index (χ4v) is 4.53. The van der Waals surface area contributed by atoms with Gasteiger partial charge in [-0.3, -0.25) is 0 Å². The lowest BCUT2D eigenvalue weighted by molar-refractivity contribution is 0.170. The number of hydrogen-bond acceptors (Lipinski definition) is 6. The van der Waals surface area contributed by atoms with Crippen molar-refractivity contribution in [2.24, 2.45) is 0 Å². The third-order valence-electron chi connectivity index (χ3n) is 4.60. The molecule has 0 bridgehead atoms. The molecule has 1 aliphatic heterocycles. The summed E-state index contributed by atoms with van der Waals surface area (Å²) >= 11 is 0. The zero-order valence-corrected chi connectivity index (χ0v) is 16.7. The van der Waals surface area contributed by atoms with Crippen LogP contribution in [0, 0.1) is 11.3 Å². The van der Waals surface area contributed by atoms with Crippen molar-refractivity contribution in [2.45, 2.75) is 24.4 Å². The van der Waals surface area contributed by atoms with Gasteiger partial charge in [0.05, 0.1) is 30.2 Å². The summed E-state index contributed by atoms with van der Waals surface area (Å²) in [6.07, 6.45) is 0.676. The predicted molar refractivity (Wildman–Crippen MR) is 103 cm³/mol. The van der Waals surface area contributed by atoms with Crippen LogP contribution in [0.1, 0.15) is 23.1 Å². The molecule has 3 rings (SSSR count). The summed E-state index contributed by atoms with van der Waals surface area (Å²) in [5.74, 6) is 0.835. The molecule has 0 fully saturated rings. The maximum absolute atomic E-state index is 13.2. The highest BCUT2D eigenvalue weighted by Crippen LogP contribution is 2.34. The van der Waals surface area contributed by atoms with Gasteiger partial charge in [-0.05, 0) is 29.3 Å². The van der Waals surface area contributed by atoms with Crippen LogP contribution < -0.4 is 9.47 Å². The van der Waals surface area contributed by atoms with Crippen LogP contribution in [0.15, 0.2) is 41.3 Å². The second-order valence-corrected chi connectivity index (χ2v) is 8.27. The fourth-order valence-electron chi connectivity index (χ4n) is 3.13. The first-order valence-electron chi connectivity index (χ1n) is 8.82. The molecule has 0 aromatic heterocycles. The zero-order valence-electron chi connectivity index (χ0n) is 15.8. The highest BCUT2D eigenvalue weighted by atomic mass is 32.2. The molecule has 148 valence electrons. The largest absolute Gasteiger partial charge is 0.493 e. The van der Waals surface area contributed by atoms with Crippen LogP contribution in [0.2, 0.25) is 0 Å². The third kappa shape index (κ3) is 3.97. The Kier molecular flexibility index (Phi) is 6.19. The number of hydrogen-bond donors (Lipinski definition) is 0. The SMILES string of the molecule is COCCCOc1cc(S(=O)(=O)N2Cc3cccc(C#N)c3C2)ccc1OC. The van der Waals surface area contributed by atoms with E-state index in [-0.39, 0.29) is 18.0 Å². The second-order valence-electron chi connectivity index (χ2n) is 6.34. The van der Waals surface area contributed by atoms with Crippen LogP contribution in [-0.4, -0.2) is 40.2 Å². The third-order valence-corrected chi connectivity index (χ3v) is 6.39. The van der Waals surface area contributed by atoms with Gasteiger partial charge in [0, 0.05) is 39.3 Å². The van der Waals surface area contributed by atoms with Gasteiger partial charge in [-0.2, -0.15) is 9.57 Å². The lowest BCUT2D eigenvalue weighted by Crippen LogP contribution is -2.25. The van der Waals surface area contributed by atoms with E-state index in [9.17, 15) is 13.7 Å². The normalized spacial score (nSPS) is 13.8. The maximum atomic E-state index is 13.2. The molecule has 2 aromatic rings. The van der Waals surface area contributed by atoms with Gasteiger partial charge in [0.15, 0.2) is 11.5 Å². The fraction of sp³-hybridized carbons (Fsp3) is 0.350. The Hall–Kier alpha value is -2.60. The summed E-state index contributed by atoms with van der Waals surface area (Å²) in [5.41, 5.74) is 2.12. The number of rotatable bonds is 8. The summed E-state index contributed by atoms with van der Waals surface area (Å²) in [4.78, 5) is 0.126. The van der Waals surface area contributed by atoms with Gasteiger partial charge in [-0.1, -0.05) is 12.1 Å². The molecule has 0 aliphatic carbocycles.